The maximum Gasteiger partial charge on any atom is 0.304 e. The van der Waals surface area contributed by atoms with E-state index in [1.54, 1.807) is 21.8 Å². The van der Waals surface area contributed by atoms with Crippen molar-refractivity contribution in [1.82, 2.24) is 15.0 Å². The van der Waals surface area contributed by atoms with Gasteiger partial charge in [-0.05, 0) is 55.4 Å². The predicted molar refractivity (Wildman–Crippen MR) is 174 cm³/mol. The van der Waals surface area contributed by atoms with Gasteiger partial charge in [0.05, 0.1) is 30.5 Å². The summed E-state index contributed by atoms with van der Waals surface area (Å²) < 4.78 is 14.7. The fourth-order valence-electron chi connectivity index (χ4n) is 7.38. The quantitative estimate of drug-likeness (QED) is 0.183. The number of rotatable bonds is 10. The van der Waals surface area contributed by atoms with Crippen LogP contribution in [0.25, 0.3) is 0 Å². The Balaban J connectivity index is 1.31. The van der Waals surface area contributed by atoms with Crippen LogP contribution in [0.5, 0.6) is 0 Å². The number of hydrogen-bond acceptors (Lipinski definition) is 9. The van der Waals surface area contributed by atoms with Crippen LogP contribution >= 0.6 is 15.9 Å². The molecule has 1 unspecified atom stereocenters. The molecule has 2 aromatic carbocycles. The molecule has 14 heteroatoms. The van der Waals surface area contributed by atoms with Gasteiger partial charge in [0, 0.05) is 59.9 Å². The second-order valence-corrected chi connectivity index (χ2v) is 17.7. The second kappa shape index (κ2) is 12.3. The van der Waals surface area contributed by atoms with E-state index in [9.17, 15) is 24.3 Å². The topological polar surface area (TPSA) is 147 Å². The molecule has 0 bridgehead atoms. The van der Waals surface area contributed by atoms with Gasteiger partial charge in [0.2, 0.25) is 5.91 Å². The SMILES string of the molecule is CC(=O)OC1CC(=O)N1c1cccc(CN2C(=O)[C@]3(O[C@H](CCn4cc(CCO)nn4)[C@@H]([Si](C)(C)O)[C@@H]3C)c3cc(Br)ccc32)c1. The van der Waals surface area contributed by atoms with E-state index in [4.69, 9.17) is 9.47 Å². The Kier molecular flexibility index (Phi) is 8.69. The van der Waals surface area contributed by atoms with Crippen LogP contribution in [0.4, 0.5) is 11.4 Å². The fourth-order valence-corrected chi connectivity index (χ4v) is 10.3. The lowest BCUT2D eigenvalue weighted by Crippen LogP contribution is -2.54. The molecule has 1 aromatic heterocycles. The van der Waals surface area contributed by atoms with Crippen LogP contribution in [-0.2, 0) is 49.0 Å². The van der Waals surface area contributed by atoms with Gasteiger partial charge in [-0.3, -0.25) is 24.0 Å². The molecule has 0 radical (unpaired) electrons. The first kappa shape index (κ1) is 32.5. The van der Waals surface area contributed by atoms with Crippen LogP contribution in [0.2, 0.25) is 18.6 Å². The van der Waals surface area contributed by atoms with Crippen molar-refractivity contribution < 1.29 is 33.8 Å². The minimum absolute atomic E-state index is 0.0140. The minimum atomic E-state index is -2.85. The molecule has 0 aliphatic carbocycles. The summed E-state index contributed by atoms with van der Waals surface area (Å²) in [6.45, 7) is 7.79. The molecule has 5 atom stereocenters. The first-order valence-corrected chi connectivity index (χ1v) is 19.3. The Bertz CT molecular complexity index is 1680. The first-order valence-electron chi connectivity index (χ1n) is 15.4. The van der Waals surface area contributed by atoms with Crippen LogP contribution in [0.1, 0.15) is 43.5 Å². The lowest BCUT2D eigenvalue weighted by molar-refractivity contribution is -0.154. The van der Waals surface area contributed by atoms with Gasteiger partial charge in [0.1, 0.15) is 0 Å². The number of anilines is 2. The van der Waals surface area contributed by atoms with Gasteiger partial charge in [0.15, 0.2) is 20.1 Å². The molecule has 2 fully saturated rings. The molecule has 12 nitrogen and oxygen atoms in total. The number of β-lactam (4-membered cyclic amide) rings is 1. The van der Waals surface area contributed by atoms with Crippen molar-refractivity contribution >= 4 is 53.4 Å². The highest BCUT2D eigenvalue weighted by Gasteiger charge is 2.66. The molecule has 244 valence electrons. The number of halogens is 1. The minimum Gasteiger partial charge on any atom is -0.441 e. The maximum absolute atomic E-state index is 14.7. The summed E-state index contributed by atoms with van der Waals surface area (Å²) in [5.41, 5.74) is 1.99. The third-order valence-electron chi connectivity index (χ3n) is 9.28. The van der Waals surface area contributed by atoms with E-state index in [0.717, 1.165) is 21.3 Å². The standard InChI is InChI=1S/C32H38BrN5O7Si/c1-19-30(46(3,4)43)27(10-12-36-18-23(11-13-39)34-35-36)45-32(19)25-15-22(33)8-9-26(25)37(31(32)42)17-21-6-5-7-24(14-21)38-28(41)16-29(38)44-20(2)40/h5-9,14-15,18-19,27,29-30,39,43H,10-13,16-17H2,1-4H3/t19-,27+,29?,30-,32+/m0/s1. The number of carbonyl (C=O) groups is 3. The van der Waals surface area contributed by atoms with Gasteiger partial charge in [0.25, 0.3) is 5.91 Å². The average molecular weight is 713 g/mol. The average Bonchev–Trinajstić information content (AvgIpc) is 3.62. The summed E-state index contributed by atoms with van der Waals surface area (Å²) in [6.07, 6.45) is 1.79. The number of fused-ring (bicyclic) bond motifs is 2. The number of hydrogen-bond donors (Lipinski definition) is 2. The number of amides is 2. The van der Waals surface area contributed by atoms with Crippen molar-refractivity contribution in [3.05, 3.63) is 70.0 Å². The molecular weight excluding hydrogens is 674 g/mol. The molecule has 46 heavy (non-hydrogen) atoms. The molecule has 0 saturated carbocycles. The number of aliphatic hydroxyl groups excluding tert-OH is 1. The number of aromatic nitrogens is 3. The van der Waals surface area contributed by atoms with Crippen molar-refractivity contribution in [3.63, 3.8) is 0 Å². The smallest absolute Gasteiger partial charge is 0.304 e. The number of aryl methyl sites for hydroxylation is 1. The van der Waals surface area contributed by atoms with E-state index < -0.39 is 32.2 Å². The Morgan fingerprint density at radius 1 is 1.22 bits per heavy atom. The van der Waals surface area contributed by atoms with Crippen molar-refractivity contribution in [2.24, 2.45) is 5.92 Å². The van der Waals surface area contributed by atoms with E-state index >= 15 is 0 Å². The zero-order valence-electron chi connectivity index (χ0n) is 26.2. The summed E-state index contributed by atoms with van der Waals surface area (Å²) in [5, 5.41) is 17.6. The second-order valence-electron chi connectivity index (χ2n) is 12.8. The Morgan fingerprint density at radius 2 is 2.00 bits per heavy atom. The Hall–Kier alpha value is -3.43. The number of aliphatic hydroxyl groups is 1. The summed E-state index contributed by atoms with van der Waals surface area (Å²) in [6, 6.07) is 13.1. The highest BCUT2D eigenvalue weighted by Crippen LogP contribution is 2.60. The van der Waals surface area contributed by atoms with Gasteiger partial charge >= 0.3 is 5.97 Å². The largest absolute Gasteiger partial charge is 0.441 e. The van der Waals surface area contributed by atoms with Gasteiger partial charge in [-0.1, -0.05) is 40.2 Å². The molecule has 3 aromatic rings. The van der Waals surface area contributed by atoms with E-state index in [1.165, 1.54) is 11.8 Å². The lowest BCUT2D eigenvalue weighted by atomic mass is 9.82. The summed E-state index contributed by atoms with van der Waals surface area (Å²) in [7, 11) is -2.85. The van der Waals surface area contributed by atoms with Crippen LogP contribution in [-0.4, -0.2) is 69.9 Å². The van der Waals surface area contributed by atoms with Crippen molar-refractivity contribution in [2.45, 2.75) is 82.8 Å². The third kappa shape index (κ3) is 5.70. The van der Waals surface area contributed by atoms with Crippen LogP contribution in [0.15, 0.2) is 53.1 Å². The number of benzene rings is 2. The highest BCUT2D eigenvalue weighted by molar-refractivity contribution is 9.10. The van der Waals surface area contributed by atoms with Crippen LogP contribution in [0, 0.1) is 5.92 Å². The van der Waals surface area contributed by atoms with Crippen molar-refractivity contribution in [1.29, 1.82) is 0 Å². The van der Waals surface area contributed by atoms with Gasteiger partial charge in [-0.15, -0.1) is 5.10 Å². The number of nitrogens with zero attached hydrogens (tertiary/aromatic N) is 5. The number of carbonyl (C=O) groups excluding carboxylic acids is 3. The van der Waals surface area contributed by atoms with Gasteiger partial charge in [-0.25, -0.2) is 0 Å². The molecule has 1 spiro atoms. The first-order chi connectivity index (χ1) is 21.8. The van der Waals surface area contributed by atoms with Crippen molar-refractivity contribution in [3.8, 4) is 0 Å². The molecule has 2 N–H and O–H groups in total. The highest BCUT2D eigenvalue weighted by atomic mass is 79.9. The third-order valence-corrected chi connectivity index (χ3v) is 12.3. The van der Waals surface area contributed by atoms with Crippen LogP contribution in [0.3, 0.4) is 0 Å². The van der Waals surface area contributed by atoms with Crippen LogP contribution < -0.4 is 9.80 Å². The molecule has 2 saturated heterocycles. The van der Waals surface area contributed by atoms with E-state index in [0.29, 0.717) is 30.8 Å². The molecule has 6 rings (SSSR count). The maximum atomic E-state index is 14.7. The van der Waals surface area contributed by atoms with E-state index in [1.807, 2.05) is 56.4 Å². The fraction of sp³-hybridized carbons (Fsp3) is 0.469. The normalized spacial score (nSPS) is 25.7. The zero-order chi connectivity index (χ0) is 33.0. The summed E-state index contributed by atoms with van der Waals surface area (Å²) >= 11 is 3.60. The monoisotopic (exact) mass is 711 g/mol. The molecular formula is C32H38BrN5O7Si. The van der Waals surface area contributed by atoms with Crippen molar-refractivity contribution in [2.75, 3.05) is 16.4 Å². The Morgan fingerprint density at radius 3 is 2.70 bits per heavy atom. The summed E-state index contributed by atoms with van der Waals surface area (Å²) in [4.78, 5) is 53.5. The van der Waals surface area contributed by atoms with Gasteiger partial charge in [-0.2, -0.15) is 0 Å². The number of esters is 1. The number of ether oxygens (including phenoxy) is 2. The lowest BCUT2D eigenvalue weighted by Gasteiger charge is -2.39. The molecule has 2 amide bonds. The summed E-state index contributed by atoms with van der Waals surface area (Å²) in [5.74, 6) is -1.14. The Labute approximate surface area is 276 Å². The molecule has 3 aliphatic rings. The molecule has 4 heterocycles. The van der Waals surface area contributed by atoms with Gasteiger partial charge < -0.3 is 24.3 Å². The predicted octanol–water partition coefficient (Wildman–Crippen LogP) is 3.64. The molecule has 3 aliphatic heterocycles. The zero-order valence-corrected chi connectivity index (χ0v) is 28.8. The van der Waals surface area contributed by atoms with E-state index in [-0.39, 0.29) is 42.8 Å². The van der Waals surface area contributed by atoms with E-state index in [2.05, 4.69) is 26.2 Å².